The van der Waals surface area contributed by atoms with Gasteiger partial charge >= 0.3 is 0 Å². The highest BCUT2D eigenvalue weighted by atomic mass is 32.2. The van der Waals surface area contributed by atoms with E-state index in [2.05, 4.69) is 10.2 Å². The van der Waals surface area contributed by atoms with Gasteiger partial charge in [0.1, 0.15) is 6.54 Å². The number of benzene rings is 1. The number of nitrogens with zero attached hydrogens (tertiary/aromatic N) is 2. The summed E-state index contributed by atoms with van der Waals surface area (Å²) in [6.45, 7) is 1.62. The molecule has 2 amide bonds. The molecule has 1 heterocycles. The third-order valence-corrected chi connectivity index (χ3v) is 4.27. The molecule has 0 aliphatic carbocycles. The van der Waals surface area contributed by atoms with Gasteiger partial charge in [0.05, 0.1) is 11.4 Å². The lowest BCUT2D eigenvalue weighted by molar-refractivity contribution is -0.131. The first-order valence-electron chi connectivity index (χ1n) is 7.67. The van der Waals surface area contributed by atoms with Crippen molar-refractivity contribution < 1.29 is 9.59 Å². The van der Waals surface area contributed by atoms with Crippen molar-refractivity contribution in [1.82, 2.24) is 15.1 Å². The maximum absolute atomic E-state index is 12.2. The quantitative estimate of drug-likeness (QED) is 0.771. The highest BCUT2D eigenvalue weighted by molar-refractivity contribution is 8.03. The van der Waals surface area contributed by atoms with Crippen LogP contribution in [0.4, 0.5) is 0 Å². The summed E-state index contributed by atoms with van der Waals surface area (Å²) in [5.41, 5.74) is 1.75. The topological polar surface area (TPSA) is 52.7 Å². The number of amides is 2. The monoisotopic (exact) mass is 333 g/mol. The molecule has 0 radical (unpaired) electrons. The van der Waals surface area contributed by atoms with Crippen LogP contribution in [0.25, 0.3) is 5.70 Å². The first kappa shape index (κ1) is 17.6. The van der Waals surface area contributed by atoms with E-state index in [-0.39, 0.29) is 18.4 Å². The molecule has 23 heavy (non-hydrogen) atoms. The lowest BCUT2D eigenvalue weighted by atomic mass is 10.1. The lowest BCUT2D eigenvalue weighted by Gasteiger charge is -2.28. The van der Waals surface area contributed by atoms with Gasteiger partial charge in [-0.15, -0.1) is 11.8 Å². The predicted octanol–water partition coefficient (Wildman–Crippen LogP) is 1.63. The summed E-state index contributed by atoms with van der Waals surface area (Å²) in [4.78, 5) is 28.0. The van der Waals surface area contributed by atoms with E-state index in [1.807, 2.05) is 49.8 Å². The molecule has 0 atom stereocenters. The zero-order valence-electron chi connectivity index (χ0n) is 13.6. The second-order valence-electron chi connectivity index (χ2n) is 5.67. The number of hydrogen-bond donors (Lipinski definition) is 1. The standard InChI is InChI=1S/C17H23N3O2S/c1-19(2)10-6-9-18-16(21)11-20-15(12-23-13-17(20)22)14-7-4-3-5-8-14/h3-5,7-8,12H,6,9-11,13H2,1-2H3,(H,18,21). The van der Waals surface area contributed by atoms with Gasteiger partial charge < -0.3 is 15.1 Å². The van der Waals surface area contributed by atoms with Gasteiger partial charge in [0.25, 0.3) is 0 Å². The van der Waals surface area contributed by atoms with Gasteiger partial charge in [-0.1, -0.05) is 30.3 Å². The fourth-order valence-corrected chi connectivity index (χ4v) is 3.10. The van der Waals surface area contributed by atoms with Gasteiger partial charge in [0.15, 0.2) is 0 Å². The molecular weight excluding hydrogens is 310 g/mol. The lowest BCUT2D eigenvalue weighted by Crippen LogP contribution is -2.42. The molecule has 1 N–H and O–H groups in total. The molecule has 0 aromatic heterocycles. The van der Waals surface area contributed by atoms with E-state index < -0.39 is 0 Å². The fourth-order valence-electron chi connectivity index (χ4n) is 2.30. The Balaban J connectivity index is 1.95. The molecule has 2 rings (SSSR count). The Morgan fingerprint density at radius 3 is 2.74 bits per heavy atom. The number of hydrogen-bond acceptors (Lipinski definition) is 4. The third-order valence-electron chi connectivity index (χ3n) is 3.47. The van der Waals surface area contributed by atoms with E-state index in [0.717, 1.165) is 24.2 Å². The van der Waals surface area contributed by atoms with E-state index in [4.69, 9.17) is 0 Å². The van der Waals surface area contributed by atoms with Gasteiger partial charge in [-0.3, -0.25) is 9.59 Å². The third kappa shape index (κ3) is 5.41. The van der Waals surface area contributed by atoms with Crippen molar-refractivity contribution in [1.29, 1.82) is 0 Å². The largest absolute Gasteiger partial charge is 0.355 e. The highest BCUT2D eigenvalue weighted by Gasteiger charge is 2.25. The zero-order chi connectivity index (χ0) is 16.7. The normalized spacial score (nSPS) is 14.8. The Morgan fingerprint density at radius 1 is 1.30 bits per heavy atom. The van der Waals surface area contributed by atoms with Gasteiger partial charge in [-0.05, 0) is 38.0 Å². The van der Waals surface area contributed by atoms with Crippen LogP contribution in [-0.4, -0.2) is 61.1 Å². The molecule has 1 aromatic rings. The van der Waals surface area contributed by atoms with Crippen molar-refractivity contribution in [2.75, 3.05) is 39.5 Å². The number of nitrogens with one attached hydrogen (secondary N) is 1. The van der Waals surface area contributed by atoms with Crippen LogP contribution in [0, 0.1) is 0 Å². The van der Waals surface area contributed by atoms with E-state index in [1.54, 1.807) is 4.90 Å². The first-order valence-corrected chi connectivity index (χ1v) is 8.72. The molecule has 1 aliphatic heterocycles. The van der Waals surface area contributed by atoms with Crippen LogP contribution >= 0.6 is 11.8 Å². The smallest absolute Gasteiger partial charge is 0.240 e. The molecule has 0 bridgehead atoms. The summed E-state index contributed by atoms with van der Waals surface area (Å²) < 4.78 is 0. The van der Waals surface area contributed by atoms with Crippen LogP contribution in [0.15, 0.2) is 35.7 Å². The zero-order valence-corrected chi connectivity index (χ0v) is 14.4. The molecule has 0 saturated heterocycles. The molecule has 124 valence electrons. The first-order chi connectivity index (χ1) is 11.1. The molecule has 0 unspecified atom stereocenters. The minimum Gasteiger partial charge on any atom is -0.355 e. The summed E-state index contributed by atoms with van der Waals surface area (Å²) in [5, 5.41) is 4.84. The Labute approximate surface area is 141 Å². The summed E-state index contributed by atoms with van der Waals surface area (Å²) in [5.74, 6) is 0.232. The van der Waals surface area contributed by atoms with Gasteiger partial charge in [0.2, 0.25) is 11.8 Å². The summed E-state index contributed by atoms with van der Waals surface area (Å²) >= 11 is 1.47. The molecule has 0 spiro atoms. The van der Waals surface area contributed by atoms with E-state index in [9.17, 15) is 9.59 Å². The van der Waals surface area contributed by atoms with Crippen LogP contribution in [0.2, 0.25) is 0 Å². The van der Waals surface area contributed by atoms with Crippen LogP contribution in [0.3, 0.4) is 0 Å². The predicted molar refractivity (Wildman–Crippen MR) is 94.8 cm³/mol. The Bertz CT molecular complexity index is 572. The molecule has 5 nitrogen and oxygen atoms in total. The average molecular weight is 333 g/mol. The van der Waals surface area contributed by atoms with Crippen molar-refractivity contribution in [2.45, 2.75) is 6.42 Å². The summed E-state index contributed by atoms with van der Waals surface area (Å²) in [6.07, 6.45) is 0.893. The maximum atomic E-state index is 12.2. The second-order valence-corrected chi connectivity index (χ2v) is 6.52. The average Bonchev–Trinajstić information content (AvgIpc) is 2.54. The fraction of sp³-hybridized carbons (Fsp3) is 0.412. The minimum absolute atomic E-state index is 0.0280. The minimum atomic E-state index is -0.120. The molecule has 1 aromatic carbocycles. The Hall–Kier alpha value is -1.79. The van der Waals surface area contributed by atoms with Crippen molar-refractivity contribution in [3.8, 4) is 0 Å². The SMILES string of the molecule is CN(C)CCCNC(=O)CN1C(=O)CSC=C1c1ccccc1. The van der Waals surface area contributed by atoms with Crippen LogP contribution in [0.5, 0.6) is 0 Å². The highest BCUT2D eigenvalue weighted by Crippen LogP contribution is 2.27. The molecule has 6 heteroatoms. The molecule has 1 aliphatic rings. The van der Waals surface area contributed by atoms with Gasteiger partial charge in [0, 0.05) is 6.54 Å². The second kappa shape index (κ2) is 8.74. The van der Waals surface area contributed by atoms with Crippen molar-refractivity contribution in [3.05, 3.63) is 41.3 Å². The van der Waals surface area contributed by atoms with Crippen LogP contribution < -0.4 is 5.32 Å². The summed E-state index contributed by atoms with van der Waals surface area (Å²) in [7, 11) is 4.01. The van der Waals surface area contributed by atoms with E-state index >= 15 is 0 Å². The van der Waals surface area contributed by atoms with Crippen molar-refractivity contribution in [3.63, 3.8) is 0 Å². The summed E-state index contributed by atoms with van der Waals surface area (Å²) in [6, 6.07) is 9.70. The molecule has 0 fully saturated rings. The number of rotatable bonds is 7. The number of thioether (sulfide) groups is 1. The van der Waals surface area contributed by atoms with Crippen LogP contribution in [-0.2, 0) is 9.59 Å². The number of carbonyl (C=O) groups is 2. The van der Waals surface area contributed by atoms with Crippen molar-refractivity contribution >= 4 is 29.3 Å². The Kier molecular flexibility index (Phi) is 6.67. The Morgan fingerprint density at radius 2 is 2.04 bits per heavy atom. The van der Waals surface area contributed by atoms with E-state index in [0.29, 0.717) is 12.3 Å². The molecule has 0 saturated carbocycles. The van der Waals surface area contributed by atoms with Gasteiger partial charge in [-0.25, -0.2) is 0 Å². The molecular formula is C17H23N3O2S. The maximum Gasteiger partial charge on any atom is 0.240 e. The van der Waals surface area contributed by atoms with Crippen molar-refractivity contribution in [2.24, 2.45) is 0 Å². The number of carbonyl (C=O) groups excluding carboxylic acids is 2. The van der Waals surface area contributed by atoms with E-state index in [1.165, 1.54) is 11.8 Å². The van der Waals surface area contributed by atoms with Crippen LogP contribution in [0.1, 0.15) is 12.0 Å². The van der Waals surface area contributed by atoms with Gasteiger partial charge in [-0.2, -0.15) is 0 Å².